The zero-order valence-corrected chi connectivity index (χ0v) is 8.75. The van der Waals surface area contributed by atoms with Gasteiger partial charge in [-0.3, -0.25) is 0 Å². The van der Waals surface area contributed by atoms with Gasteiger partial charge in [-0.2, -0.15) is 0 Å². The first kappa shape index (κ1) is 11.0. The van der Waals surface area contributed by atoms with Gasteiger partial charge in [0.1, 0.15) is 0 Å². The normalized spacial score (nSPS) is 28.8. The summed E-state index contributed by atoms with van der Waals surface area (Å²) >= 11 is 0. The fourth-order valence-electron chi connectivity index (χ4n) is 1.76. The molecule has 3 atom stereocenters. The van der Waals surface area contributed by atoms with Crippen molar-refractivity contribution in [3.63, 3.8) is 0 Å². The van der Waals surface area contributed by atoms with E-state index < -0.39 is 0 Å². The van der Waals surface area contributed by atoms with Gasteiger partial charge in [-0.05, 0) is 18.8 Å². The van der Waals surface area contributed by atoms with Crippen LogP contribution in [0.25, 0.3) is 0 Å². The third kappa shape index (κ3) is 4.07. The van der Waals surface area contributed by atoms with Gasteiger partial charge in [0, 0.05) is 25.7 Å². The molecule has 0 saturated heterocycles. The first-order valence-corrected chi connectivity index (χ1v) is 5.25. The summed E-state index contributed by atoms with van der Waals surface area (Å²) in [5.74, 6) is 0.916. The van der Waals surface area contributed by atoms with Crippen LogP contribution < -0.4 is 11.1 Å². The molecule has 3 heteroatoms. The fourth-order valence-corrected chi connectivity index (χ4v) is 1.76. The van der Waals surface area contributed by atoms with Crippen LogP contribution in [-0.2, 0) is 4.74 Å². The molecule has 3 nitrogen and oxygen atoms in total. The van der Waals surface area contributed by atoms with Gasteiger partial charge in [-0.25, -0.2) is 0 Å². The Labute approximate surface area is 81.0 Å². The molecule has 0 radical (unpaired) electrons. The molecule has 1 fully saturated rings. The smallest absolute Gasteiger partial charge is 0.0626 e. The van der Waals surface area contributed by atoms with Crippen LogP contribution in [0.3, 0.4) is 0 Å². The first-order valence-electron chi connectivity index (χ1n) is 5.25. The maximum absolute atomic E-state index is 5.79. The van der Waals surface area contributed by atoms with E-state index in [9.17, 15) is 0 Å². The third-order valence-electron chi connectivity index (χ3n) is 2.61. The molecule has 13 heavy (non-hydrogen) atoms. The summed E-state index contributed by atoms with van der Waals surface area (Å²) in [6.45, 7) is 3.78. The van der Waals surface area contributed by atoms with E-state index in [0.29, 0.717) is 6.61 Å². The minimum Gasteiger partial charge on any atom is -0.383 e. The van der Waals surface area contributed by atoms with Gasteiger partial charge in [0.25, 0.3) is 0 Å². The highest BCUT2D eigenvalue weighted by Crippen LogP contribution is 2.34. The van der Waals surface area contributed by atoms with E-state index in [1.54, 1.807) is 7.11 Å². The van der Waals surface area contributed by atoms with E-state index in [1.165, 1.54) is 19.3 Å². The summed E-state index contributed by atoms with van der Waals surface area (Å²) in [5, 5.41) is 3.47. The van der Waals surface area contributed by atoms with Crippen molar-refractivity contribution < 1.29 is 4.74 Å². The molecule has 0 bridgehead atoms. The minimum atomic E-state index is 0.146. The third-order valence-corrected chi connectivity index (χ3v) is 2.61. The standard InChI is InChI=1S/C10H22N2O/c1-3-4-8-5-10(8)12-6-9(11)7-13-2/h8-10,12H,3-7,11H2,1-2H3. The number of methoxy groups -OCH3 is 1. The maximum atomic E-state index is 5.79. The second-order valence-electron chi connectivity index (χ2n) is 4.01. The van der Waals surface area contributed by atoms with Crippen LogP contribution >= 0.6 is 0 Å². The summed E-state index contributed by atoms with van der Waals surface area (Å²) in [4.78, 5) is 0. The van der Waals surface area contributed by atoms with Crippen molar-refractivity contribution >= 4 is 0 Å². The summed E-state index contributed by atoms with van der Waals surface area (Å²) in [6.07, 6.45) is 4.00. The van der Waals surface area contributed by atoms with Gasteiger partial charge >= 0.3 is 0 Å². The lowest BCUT2D eigenvalue weighted by atomic mass is 10.2. The van der Waals surface area contributed by atoms with Gasteiger partial charge < -0.3 is 15.8 Å². The van der Waals surface area contributed by atoms with Crippen LogP contribution in [-0.4, -0.2) is 32.3 Å². The zero-order chi connectivity index (χ0) is 9.68. The van der Waals surface area contributed by atoms with E-state index in [1.807, 2.05) is 0 Å². The van der Waals surface area contributed by atoms with E-state index in [2.05, 4.69) is 12.2 Å². The highest BCUT2D eigenvalue weighted by molar-refractivity contribution is 4.93. The maximum Gasteiger partial charge on any atom is 0.0626 e. The summed E-state index contributed by atoms with van der Waals surface area (Å²) in [5.41, 5.74) is 5.79. The van der Waals surface area contributed by atoms with Crippen molar-refractivity contribution in [2.45, 2.75) is 38.3 Å². The fraction of sp³-hybridized carbons (Fsp3) is 1.00. The lowest BCUT2D eigenvalue weighted by Gasteiger charge is -2.11. The van der Waals surface area contributed by atoms with Crippen LogP contribution in [0.15, 0.2) is 0 Å². The van der Waals surface area contributed by atoms with Crippen LogP contribution in [0.4, 0.5) is 0 Å². The predicted octanol–water partition coefficient (Wildman–Crippen LogP) is 0.738. The Morgan fingerprint density at radius 1 is 1.62 bits per heavy atom. The Bertz CT molecular complexity index is 141. The minimum absolute atomic E-state index is 0.146. The van der Waals surface area contributed by atoms with Crippen LogP contribution in [0.5, 0.6) is 0 Å². The number of hydrogen-bond donors (Lipinski definition) is 2. The van der Waals surface area contributed by atoms with Gasteiger partial charge in [-0.15, -0.1) is 0 Å². The highest BCUT2D eigenvalue weighted by atomic mass is 16.5. The second kappa shape index (κ2) is 5.58. The molecule has 1 rings (SSSR count). The number of rotatable bonds is 7. The van der Waals surface area contributed by atoms with Crippen molar-refractivity contribution in [1.82, 2.24) is 5.32 Å². The van der Waals surface area contributed by atoms with Gasteiger partial charge in [0.15, 0.2) is 0 Å². The SMILES string of the molecule is CCCC1CC1NCC(N)COC. The molecule has 1 aliphatic carbocycles. The number of ether oxygens (including phenoxy) is 1. The average Bonchev–Trinajstić information content (AvgIpc) is 2.82. The molecule has 78 valence electrons. The highest BCUT2D eigenvalue weighted by Gasteiger charge is 2.35. The van der Waals surface area contributed by atoms with Gasteiger partial charge in [-0.1, -0.05) is 13.3 Å². The second-order valence-corrected chi connectivity index (χ2v) is 4.01. The van der Waals surface area contributed by atoms with E-state index in [0.717, 1.165) is 18.5 Å². The lowest BCUT2D eigenvalue weighted by Crippen LogP contribution is -2.38. The van der Waals surface area contributed by atoms with E-state index >= 15 is 0 Å². The molecule has 0 aliphatic heterocycles. The van der Waals surface area contributed by atoms with Crippen LogP contribution in [0, 0.1) is 5.92 Å². The predicted molar refractivity (Wildman–Crippen MR) is 54.7 cm³/mol. The molecular formula is C10H22N2O. The number of hydrogen-bond acceptors (Lipinski definition) is 3. The van der Waals surface area contributed by atoms with Crippen molar-refractivity contribution in [2.24, 2.45) is 11.7 Å². The van der Waals surface area contributed by atoms with Crippen molar-refractivity contribution in [3.8, 4) is 0 Å². The summed E-state index contributed by atoms with van der Waals surface area (Å²) < 4.78 is 4.97. The molecule has 0 heterocycles. The average molecular weight is 186 g/mol. The van der Waals surface area contributed by atoms with Crippen LogP contribution in [0.2, 0.25) is 0 Å². The Kier molecular flexibility index (Phi) is 4.70. The Morgan fingerprint density at radius 3 is 3.00 bits per heavy atom. The Balaban J connectivity index is 1.95. The van der Waals surface area contributed by atoms with Gasteiger partial charge in [0.2, 0.25) is 0 Å². The first-order chi connectivity index (χ1) is 6.27. The number of nitrogens with one attached hydrogen (secondary N) is 1. The molecule has 0 spiro atoms. The largest absolute Gasteiger partial charge is 0.383 e. The molecule has 1 aliphatic rings. The van der Waals surface area contributed by atoms with Crippen molar-refractivity contribution in [3.05, 3.63) is 0 Å². The molecule has 0 aromatic carbocycles. The molecule has 0 aromatic rings. The quantitative estimate of drug-likeness (QED) is 0.616. The molecular weight excluding hydrogens is 164 g/mol. The molecule has 0 aromatic heterocycles. The molecule has 0 amide bonds. The number of nitrogens with two attached hydrogens (primary N) is 1. The topological polar surface area (TPSA) is 47.3 Å². The van der Waals surface area contributed by atoms with E-state index in [-0.39, 0.29) is 6.04 Å². The lowest BCUT2D eigenvalue weighted by molar-refractivity contribution is 0.178. The van der Waals surface area contributed by atoms with Crippen molar-refractivity contribution in [2.75, 3.05) is 20.3 Å². The monoisotopic (exact) mass is 186 g/mol. The Hall–Kier alpha value is -0.120. The molecule has 1 saturated carbocycles. The summed E-state index contributed by atoms with van der Waals surface area (Å²) in [6, 6.07) is 0.885. The van der Waals surface area contributed by atoms with Crippen molar-refractivity contribution in [1.29, 1.82) is 0 Å². The molecule has 3 N–H and O–H groups in total. The van der Waals surface area contributed by atoms with Gasteiger partial charge in [0.05, 0.1) is 6.61 Å². The van der Waals surface area contributed by atoms with Crippen LogP contribution in [0.1, 0.15) is 26.2 Å². The molecule has 3 unspecified atom stereocenters. The zero-order valence-electron chi connectivity index (χ0n) is 8.75. The van der Waals surface area contributed by atoms with E-state index in [4.69, 9.17) is 10.5 Å². The Morgan fingerprint density at radius 2 is 2.38 bits per heavy atom. The summed E-state index contributed by atoms with van der Waals surface area (Å²) in [7, 11) is 1.69.